The van der Waals surface area contributed by atoms with Gasteiger partial charge in [-0.15, -0.1) is 10.2 Å². The summed E-state index contributed by atoms with van der Waals surface area (Å²) in [5.41, 5.74) is 8.22. The molecule has 3 N–H and O–H groups in total. The van der Waals surface area contributed by atoms with Gasteiger partial charge in [0.1, 0.15) is 0 Å². The zero-order valence-electron chi connectivity index (χ0n) is 11.0. The number of hydrazone groups is 1. The van der Waals surface area contributed by atoms with Crippen LogP contribution in [0.3, 0.4) is 0 Å². The number of thioether (sulfide) groups is 1. The summed E-state index contributed by atoms with van der Waals surface area (Å²) in [4.78, 5) is 21.7. The molecule has 114 valence electrons. The van der Waals surface area contributed by atoms with Crippen molar-refractivity contribution in [3.05, 3.63) is 39.9 Å². The monoisotopic (exact) mass is 338 g/mol. The molecule has 0 saturated carbocycles. The van der Waals surface area contributed by atoms with Crippen molar-refractivity contribution in [1.29, 1.82) is 0 Å². The van der Waals surface area contributed by atoms with Crippen LogP contribution in [0.25, 0.3) is 0 Å². The molecule has 22 heavy (non-hydrogen) atoms. The van der Waals surface area contributed by atoms with Crippen LogP contribution in [0.1, 0.15) is 5.56 Å². The number of nitrogens with zero attached hydrogens (tertiary/aromatic N) is 4. The van der Waals surface area contributed by atoms with Crippen LogP contribution in [-0.2, 0) is 4.79 Å². The SMILES string of the molecule is Nc1nnc(SCC(=O)NN=Cc2cccc([N+](=O)[O-])c2)s1. The number of carbonyl (C=O) groups excluding carboxylic acids is 1. The van der Waals surface area contributed by atoms with Crippen LogP contribution in [0.5, 0.6) is 0 Å². The van der Waals surface area contributed by atoms with Crippen LogP contribution in [0.2, 0.25) is 0 Å². The van der Waals surface area contributed by atoms with Crippen molar-refractivity contribution in [2.75, 3.05) is 11.5 Å². The molecule has 1 aromatic carbocycles. The van der Waals surface area contributed by atoms with Gasteiger partial charge in [0, 0.05) is 17.7 Å². The van der Waals surface area contributed by atoms with Crippen LogP contribution >= 0.6 is 23.1 Å². The van der Waals surface area contributed by atoms with E-state index in [9.17, 15) is 14.9 Å². The fourth-order valence-corrected chi connectivity index (χ4v) is 2.76. The van der Waals surface area contributed by atoms with E-state index in [1.807, 2.05) is 0 Å². The standard InChI is InChI=1S/C11H10N6O3S2/c12-10-15-16-11(22-10)21-6-9(18)14-13-5-7-2-1-3-8(4-7)17(19)20/h1-5H,6H2,(H2,12,15)(H,14,18). The summed E-state index contributed by atoms with van der Waals surface area (Å²) in [6, 6.07) is 5.91. The van der Waals surface area contributed by atoms with E-state index in [-0.39, 0.29) is 17.3 Å². The van der Waals surface area contributed by atoms with Gasteiger partial charge in [-0.05, 0) is 0 Å². The number of nitro groups is 1. The van der Waals surface area contributed by atoms with Gasteiger partial charge in [-0.2, -0.15) is 5.10 Å². The van der Waals surface area contributed by atoms with E-state index in [0.29, 0.717) is 15.0 Å². The molecule has 0 spiro atoms. The third-order valence-electron chi connectivity index (χ3n) is 2.23. The number of benzene rings is 1. The molecular weight excluding hydrogens is 328 g/mol. The zero-order chi connectivity index (χ0) is 15.9. The van der Waals surface area contributed by atoms with Gasteiger partial charge >= 0.3 is 0 Å². The number of non-ortho nitro benzene ring substituents is 1. The first-order valence-corrected chi connectivity index (χ1v) is 7.63. The Morgan fingerprint density at radius 3 is 3.05 bits per heavy atom. The minimum absolute atomic E-state index is 0.0420. The second kappa shape index (κ2) is 7.47. The van der Waals surface area contributed by atoms with Gasteiger partial charge in [-0.25, -0.2) is 5.43 Å². The van der Waals surface area contributed by atoms with Gasteiger partial charge < -0.3 is 5.73 Å². The average Bonchev–Trinajstić information content (AvgIpc) is 2.91. The Morgan fingerprint density at radius 2 is 2.36 bits per heavy atom. The lowest BCUT2D eigenvalue weighted by molar-refractivity contribution is -0.384. The number of hydrogen-bond donors (Lipinski definition) is 2. The highest BCUT2D eigenvalue weighted by atomic mass is 32.2. The number of amides is 1. The Bertz CT molecular complexity index is 717. The molecule has 0 bridgehead atoms. The fourth-order valence-electron chi connectivity index (χ4n) is 1.34. The maximum absolute atomic E-state index is 11.6. The molecule has 0 fully saturated rings. The highest BCUT2D eigenvalue weighted by Crippen LogP contribution is 2.22. The fraction of sp³-hybridized carbons (Fsp3) is 0.0909. The van der Waals surface area contributed by atoms with E-state index in [1.165, 1.54) is 47.5 Å². The predicted molar refractivity (Wildman–Crippen MR) is 83.9 cm³/mol. The maximum atomic E-state index is 11.6. The van der Waals surface area contributed by atoms with Crippen LogP contribution in [-0.4, -0.2) is 33.0 Å². The molecule has 1 heterocycles. The van der Waals surface area contributed by atoms with Crippen molar-refractivity contribution in [2.45, 2.75) is 4.34 Å². The number of hydrogen-bond acceptors (Lipinski definition) is 9. The predicted octanol–water partition coefficient (Wildman–Crippen LogP) is 1.27. The summed E-state index contributed by atoms with van der Waals surface area (Å²) in [5.74, 6) is -0.221. The number of nitrogen functional groups attached to an aromatic ring is 1. The summed E-state index contributed by atoms with van der Waals surface area (Å²) >= 11 is 2.38. The van der Waals surface area contributed by atoms with Crippen LogP contribution < -0.4 is 11.2 Å². The molecule has 11 heteroatoms. The minimum Gasteiger partial charge on any atom is -0.374 e. The highest BCUT2D eigenvalue weighted by molar-refractivity contribution is 8.01. The van der Waals surface area contributed by atoms with Crippen molar-refractivity contribution >= 4 is 46.0 Å². The van der Waals surface area contributed by atoms with E-state index in [0.717, 1.165) is 0 Å². The molecule has 0 aliphatic carbocycles. The van der Waals surface area contributed by atoms with Crippen molar-refractivity contribution in [2.24, 2.45) is 5.10 Å². The average molecular weight is 338 g/mol. The lowest BCUT2D eigenvalue weighted by Crippen LogP contribution is -2.19. The Balaban J connectivity index is 1.82. The van der Waals surface area contributed by atoms with Gasteiger partial charge in [0.15, 0.2) is 4.34 Å². The Labute approximate surface area is 132 Å². The normalized spacial score (nSPS) is 10.7. The molecular formula is C11H10N6O3S2. The molecule has 1 aromatic heterocycles. The topological polar surface area (TPSA) is 136 Å². The molecule has 0 atom stereocenters. The molecule has 0 aliphatic rings. The molecule has 0 unspecified atom stereocenters. The van der Waals surface area contributed by atoms with Gasteiger partial charge in [0.25, 0.3) is 11.6 Å². The Kier molecular flexibility index (Phi) is 5.38. The van der Waals surface area contributed by atoms with Crippen LogP contribution in [0, 0.1) is 10.1 Å². The Hall–Kier alpha value is -2.53. The van der Waals surface area contributed by atoms with Gasteiger partial charge in [-0.1, -0.05) is 35.2 Å². The molecule has 2 aromatic rings. The van der Waals surface area contributed by atoms with E-state index in [2.05, 4.69) is 20.7 Å². The van der Waals surface area contributed by atoms with Crippen LogP contribution in [0.4, 0.5) is 10.8 Å². The van der Waals surface area contributed by atoms with Crippen molar-refractivity contribution in [1.82, 2.24) is 15.6 Å². The molecule has 0 radical (unpaired) electrons. The highest BCUT2D eigenvalue weighted by Gasteiger charge is 2.06. The summed E-state index contributed by atoms with van der Waals surface area (Å²) in [6.07, 6.45) is 1.33. The van der Waals surface area contributed by atoms with Crippen molar-refractivity contribution in [3.8, 4) is 0 Å². The van der Waals surface area contributed by atoms with Crippen LogP contribution in [0.15, 0.2) is 33.7 Å². The second-order valence-electron chi connectivity index (χ2n) is 3.84. The van der Waals surface area contributed by atoms with Gasteiger partial charge in [0.2, 0.25) is 5.13 Å². The molecule has 1 amide bonds. The summed E-state index contributed by atoms with van der Waals surface area (Å²) in [7, 11) is 0. The minimum atomic E-state index is -0.500. The summed E-state index contributed by atoms with van der Waals surface area (Å²) < 4.78 is 0.593. The smallest absolute Gasteiger partial charge is 0.270 e. The van der Waals surface area contributed by atoms with Gasteiger partial charge in [0.05, 0.1) is 16.9 Å². The van der Waals surface area contributed by atoms with Gasteiger partial charge in [-0.3, -0.25) is 14.9 Å². The first-order valence-electron chi connectivity index (χ1n) is 5.83. The maximum Gasteiger partial charge on any atom is 0.270 e. The quantitative estimate of drug-likeness (QED) is 0.350. The Morgan fingerprint density at radius 1 is 1.55 bits per heavy atom. The molecule has 0 saturated heterocycles. The number of aromatic nitrogens is 2. The van der Waals surface area contributed by atoms with E-state index in [1.54, 1.807) is 6.07 Å². The lowest BCUT2D eigenvalue weighted by Gasteiger charge is -1.97. The third-order valence-corrected chi connectivity index (χ3v) is 4.12. The first-order chi connectivity index (χ1) is 10.5. The van der Waals surface area contributed by atoms with E-state index < -0.39 is 4.92 Å². The molecule has 0 aliphatic heterocycles. The number of rotatable bonds is 6. The number of anilines is 1. The summed E-state index contributed by atoms with van der Waals surface area (Å²) in [6.45, 7) is 0. The number of nitro benzene ring substituents is 1. The second-order valence-corrected chi connectivity index (χ2v) is 6.07. The van der Waals surface area contributed by atoms with Crippen molar-refractivity contribution < 1.29 is 9.72 Å². The molecule has 9 nitrogen and oxygen atoms in total. The number of carbonyl (C=O) groups is 1. The lowest BCUT2D eigenvalue weighted by atomic mass is 10.2. The molecule has 2 rings (SSSR count). The third kappa shape index (κ3) is 4.79. The zero-order valence-corrected chi connectivity index (χ0v) is 12.6. The number of nitrogens with two attached hydrogens (primary N) is 1. The van der Waals surface area contributed by atoms with Crippen molar-refractivity contribution in [3.63, 3.8) is 0 Å². The van der Waals surface area contributed by atoms with E-state index >= 15 is 0 Å². The summed E-state index contributed by atoms with van der Waals surface area (Å²) in [5, 5.41) is 22.1. The number of nitrogens with one attached hydrogen (secondary N) is 1. The van der Waals surface area contributed by atoms with E-state index in [4.69, 9.17) is 5.73 Å². The largest absolute Gasteiger partial charge is 0.374 e. The first kappa shape index (κ1) is 15.9.